The molecule has 0 radical (unpaired) electrons. The van der Waals surface area contributed by atoms with E-state index in [0.29, 0.717) is 44.4 Å². The van der Waals surface area contributed by atoms with Crippen molar-refractivity contribution in [1.29, 1.82) is 5.41 Å². The highest BCUT2D eigenvalue weighted by atomic mass is 33.1. The van der Waals surface area contributed by atoms with Crippen molar-refractivity contribution in [3.63, 3.8) is 0 Å². The van der Waals surface area contributed by atoms with Crippen molar-refractivity contribution in [1.82, 2.24) is 83.2 Å². The Morgan fingerprint density at radius 1 is 0.655 bits per heavy atom. The van der Waals surface area contributed by atoms with Crippen LogP contribution in [0.15, 0.2) is 104 Å². The molecule has 145 heavy (non-hydrogen) atoms. The summed E-state index contributed by atoms with van der Waals surface area (Å²) in [4.78, 5) is 285. The van der Waals surface area contributed by atoms with Crippen LogP contribution in [0, 0.1) is 30.1 Å². The predicted molar refractivity (Wildman–Crippen MR) is 537 cm³/mol. The van der Waals surface area contributed by atoms with Crippen molar-refractivity contribution in [3.8, 4) is 5.75 Å². The molecular formula is C98H136N22O23S2. The van der Waals surface area contributed by atoms with Crippen LogP contribution < -0.4 is 97.2 Å². The van der Waals surface area contributed by atoms with E-state index < -0.39 is 263 Å². The molecule has 0 aliphatic carbocycles. The Balaban J connectivity index is 1.26. The molecule has 8 rings (SSSR count). The normalized spacial score (nSPS) is 19.2. The molecule has 1 unspecified atom stereocenters. The van der Waals surface area contributed by atoms with Crippen LogP contribution in [0.5, 0.6) is 5.75 Å². The number of ketones is 3. The summed E-state index contributed by atoms with van der Waals surface area (Å²) in [6, 6.07) is 7.86. The number of hydrogen-bond acceptors (Lipinski definition) is 27. The lowest BCUT2D eigenvalue weighted by Gasteiger charge is -2.39. The van der Waals surface area contributed by atoms with Crippen LogP contribution in [-0.4, -0.2) is 276 Å². The number of nitrogens with zero attached hydrogens (tertiary/aromatic N) is 3. The van der Waals surface area contributed by atoms with Gasteiger partial charge in [-0.15, -0.1) is 0 Å². The maximum absolute atomic E-state index is 16.6. The molecule has 6 aromatic rings. The number of aromatic amines is 1. The maximum atomic E-state index is 16.6. The largest absolute Gasteiger partial charge is 0.492 e. The summed E-state index contributed by atoms with van der Waals surface area (Å²) in [5, 5.41) is 63.5. The molecule has 4 aromatic carbocycles. The number of nitrogens with two attached hydrogens (primary N) is 5. The summed E-state index contributed by atoms with van der Waals surface area (Å²) < 4.78 is 9.75. The number of guanidine groups is 1. The van der Waals surface area contributed by atoms with Gasteiger partial charge in [0.05, 0.1) is 61.8 Å². The second-order valence-electron chi connectivity index (χ2n) is 37.8. The van der Waals surface area contributed by atoms with Crippen molar-refractivity contribution >= 4 is 161 Å². The number of carbonyl (C=O) groups excluding carboxylic acids is 18. The van der Waals surface area contributed by atoms with Crippen LogP contribution in [0.2, 0.25) is 0 Å². The summed E-state index contributed by atoms with van der Waals surface area (Å²) in [7, 11) is 4.65. The zero-order valence-corrected chi connectivity index (χ0v) is 84.6. The number of Topliss-reactive ketones (excluding diaryl/α,β-unsaturated/α-hetero) is 3. The minimum absolute atomic E-state index is 0.0588. The Hall–Kier alpha value is -13.9. The van der Waals surface area contributed by atoms with E-state index in [1.165, 1.54) is 54.2 Å². The molecule has 13 atom stereocenters. The van der Waals surface area contributed by atoms with Gasteiger partial charge in [-0.2, -0.15) is 0 Å². The monoisotopic (exact) mass is 2050 g/mol. The molecule has 2 aliphatic rings. The highest BCUT2D eigenvalue weighted by Crippen LogP contribution is 2.49. The minimum Gasteiger partial charge on any atom is -0.492 e. The van der Waals surface area contributed by atoms with Crippen LogP contribution in [0.1, 0.15) is 166 Å². The van der Waals surface area contributed by atoms with Gasteiger partial charge in [0.2, 0.25) is 88.6 Å². The van der Waals surface area contributed by atoms with E-state index in [-0.39, 0.29) is 110 Å². The molecule has 2 saturated heterocycles. The first-order chi connectivity index (χ1) is 68.5. The molecule has 2 fully saturated rings. The molecule has 2 aliphatic heterocycles. The van der Waals surface area contributed by atoms with E-state index in [2.05, 4.69) is 73.8 Å². The van der Waals surface area contributed by atoms with Gasteiger partial charge in [-0.3, -0.25) is 96.5 Å². The predicted octanol–water partition coefficient (Wildman–Crippen LogP) is -0.792. The number of para-hydroxylation sites is 1. The number of aromatic nitrogens is 3. The molecule has 45 nitrogen and oxygen atoms in total. The van der Waals surface area contributed by atoms with Gasteiger partial charge < -0.3 is 127 Å². The fraction of sp³-hybridized carbons (Fsp3) is 0.520. The van der Waals surface area contributed by atoms with Crippen molar-refractivity contribution in [2.75, 3.05) is 53.0 Å². The number of aliphatic hydroxyl groups is 1. The molecular weight excluding hydrogens is 1920 g/mol. The van der Waals surface area contributed by atoms with E-state index in [1.54, 1.807) is 90.6 Å². The molecule has 4 heterocycles. The zero-order chi connectivity index (χ0) is 107. The topological polar surface area (TPSA) is 718 Å². The second kappa shape index (κ2) is 54.7. The first kappa shape index (κ1) is 116. The number of unbranched alkanes of at least 4 members (excludes halogenated alkanes) is 1. The van der Waals surface area contributed by atoms with Gasteiger partial charge >= 0.3 is 5.97 Å². The van der Waals surface area contributed by atoms with Gasteiger partial charge in [0.1, 0.15) is 54.1 Å². The number of imidazole rings is 1. The number of ether oxygens (including phenoxy) is 2. The van der Waals surface area contributed by atoms with E-state index in [1.807, 2.05) is 19.1 Å². The van der Waals surface area contributed by atoms with Gasteiger partial charge in [0.25, 0.3) is 0 Å². The number of primary amides is 3. The number of amides is 15. The Morgan fingerprint density at radius 3 is 1.94 bits per heavy atom. The van der Waals surface area contributed by atoms with Gasteiger partial charge in [-0.05, 0) is 119 Å². The SMILES string of the molecule is CC(=O)NCCCC[C@@H]1CC(=O)[C@H](Cc2c[nH]c3c(C)cccc23)NC(=O)C([C@@H](C)O)NC(=O)[C@H](CC(N)=O)NC(=O)[C@@H](CC(=O)[C@@H](CCCNC(=N)N)NC(C)=O)C(C)(C)SSC(C)(C)[C@@H](C(=O)N[C@@H](Cc2ccc(OCCN)cc2)C(=O)N[C@@H](Cc2ccc3ccccc3c2)C(=O)NC2(C(=O)N[C@@H](CCC(=O)O)C(=O)N[C@@H](CC(N)=O)C(=O)C[C@@H](Cc3cncn3C)C(=O)N(C)CC(N)=O)CCOCC2)NC1=O. The van der Waals surface area contributed by atoms with Crippen molar-refractivity contribution in [3.05, 3.63) is 132 Å². The third kappa shape index (κ3) is 35.5. The van der Waals surface area contributed by atoms with E-state index in [4.69, 9.17) is 43.6 Å². The number of carboxylic acids is 1. The van der Waals surface area contributed by atoms with E-state index in [9.17, 15) is 58.2 Å². The lowest BCUT2D eigenvalue weighted by Crippen LogP contribution is -2.67. The smallest absolute Gasteiger partial charge is 0.303 e. The summed E-state index contributed by atoms with van der Waals surface area (Å²) in [5.41, 5.74) is 29.3. The zero-order valence-electron chi connectivity index (χ0n) is 83.0. The lowest BCUT2D eigenvalue weighted by molar-refractivity contribution is -0.142. The van der Waals surface area contributed by atoms with Gasteiger partial charge in [-0.1, -0.05) is 101 Å². The molecule has 15 amide bonds. The Bertz CT molecular complexity index is 5690. The van der Waals surface area contributed by atoms with Crippen LogP contribution in [-0.2, 0) is 129 Å². The molecule has 788 valence electrons. The third-order valence-corrected chi connectivity index (χ3v) is 29.5. The first-order valence-electron chi connectivity index (χ1n) is 47.7. The maximum Gasteiger partial charge on any atom is 0.303 e. The molecule has 47 heteroatoms. The quantitative estimate of drug-likeness (QED) is 0.00963. The number of aliphatic carboxylic acids is 1. The highest BCUT2D eigenvalue weighted by molar-refractivity contribution is 8.77. The number of aliphatic hydroxyl groups excluding tert-OH is 1. The van der Waals surface area contributed by atoms with E-state index in [0.717, 1.165) is 51.3 Å². The average molecular weight is 2050 g/mol. The molecule has 2 aromatic heterocycles. The van der Waals surface area contributed by atoms with Gasteiger partial charge in [0, 0.05) is 169 Å². The summed E-state index contributed by atoms with van der Waals surface area (Å²) in [5.74, 6) is -23.3. The number of aryl methyl sites for hydroxylation is 2. The van der Waals surface area contributed by atoms with Gasteiger partial charge in [0.15, 0.2) is 23.3 Å². The van der Waals surface area contributed by atoms with Crippen LogP contribution in [0.25, 0.3) is 21.7 Å². The summed E-state index contributed by atoms with van der Waals surface area (Å²) in [6.45, 7) is 10.8. The lowest BCUT2D eigenvalue weighted by atomic mass is 9.86. The molecule has 26 N–H and O–H groups in total. The fourth-order valence-corrected chi connectivity index (χ4v) is 20.0. The number of H-pyrrole nitrogens is 1. The Morgan fingerprint density at radius 2 is 1.30 bits per heavy atom. The second-order valence-corrected chi connectivity index (χ2v) is 41.2. The van der Waals surface area contributed by atoms with Crippen LogP contribution in [0.4, 0.5) is 0 Å². The number of carboxylic acid groups (broad SMARTS) is 1. The Labute approximate surface area is 846 Å². The third-order valence-electron chi connectivity index (χ3n) is 25.2. The van der Waals surface area contributed by atoms with Crippen molar-refractivity contribution in [2.45, 2.75) is 246 Å². The Kier molecular flexibility index (Phi) is 43.9. The standard InChI is InChI=1S/C98H136N22O23S2/c1-53-17-15-21-66-63(49-108-82(53)66)43-70-75(124)44-61(20-13-14-34-106-55(3)122)85(132)117-84(97(7,8)145-144-96(5,6)67(46-77(126)68(109-56(4)123)22-16-35-107-95(103)104)86(133)112-74(48-79(101)128)89(136)116-83(54(2)121)91(138)111-70)92(139)114-72(40-57-24-27-65(28-25-57)143-38-33-99)88(135)113-73(41-58-23-26-59-18-11-12-19-60(59)39-58)90(137)118-98(31-36-142-37-32-98)94(141)115-69(29-30-81(130)131)87(134)110-71(47-78(100)127)76(125)45-62(42-64-50-105-52-120(64)10)93(140)119(9)51-80(102)129/h11-12,15,17-19,21,23-28,39,49-50,52,54,61-62,67-74,83-84,108,121H,13-14,16,20,22,29-38,40-48,51,99H2,1-10H3,(H2,100,127)(H2,101,128)(H2,102,129)(H,106,122)(H,109,123)(H,110,134)(H,111,138)(H,112,133)(H,113,135)(H,114,139)(H,115,141)(H,116,136)(H,117,132)(H,118,137)(H,130,131)(H4,103,104,107)/t54-,61-,62-,67-,68-,69+,70+,71+,72+,73+,74+,83?,84-/m1/s1. The molecule has 0 saturated carbocycles. The number of hydrogen-bond donors (Lipinski definition) is 21. The van der Waals surface area contributed by atoms with Crippen LogP contribution in [0.3, 0.4) is 0 Å². The van der Waals surface area contributed by atoms with Crippen molar-refractivity contribution < 1.29 is 111 Å². The molecule has 0 bridgehead atoms. The molecule has 0 spiro atoms. The summed E-state index contributed by atoms with van der Waals surface area (Å²) >= 11 is 0. The number of benzene rings is 4. The highest BCUT2D eigenvalue weighted by Gasteiger charge is 2.49. The van der Waals surface area contributed by atoms with Gasteiger partial charge in [-0.25, -0.2) is 4.98 Å². The summed E-state index contributed by atoms with van der Waals surface area (Å²) in [6.07, 6.45) is -4.51. The average Bonchev–Trinajstić information content (AvgIpc) is 1.77. The van der Waals surface area contributed by atoms with E-state index >= 15 is 43.2 Å². The minimum atomic E-state index is -2.12. The van der Waals surface area contributed by atoms with Crippen LogP contribution >= 0.6 is 21.6 Å². The number of rotatable bonds is 48. The number of fused-ring (bicyclic) bond motifs is 2. The van der Waals surface area contributed by atoms with Crippen molar-refractivity contribution in [2.24, 2.45) is 53.5 Å². The number of likely N-dealkylation sites (N-methyl/N-ethyl adjacent to an activating group) is 1. The number of carbonyl (C=O) groups is 19. The fourth-order valence-electron chi connectivity index (χ4n) is 17.1. The first-order valence-corrected chi connectivity index (χ1v) is 49.9. The number of nitrogens with one attached hydrogen (secondary N) is 14.